The molecule has 28 heavy (non-hydrogen) atoms. The molecule has 1 aliphatic rings. The van der Waals surface area contributed by atoms with E-state index in [9.17, 15) is 4.79 Å². The molecule has 1 amide bonds. The van der Waals surface area contributed by atoms with Gasteiger partial charge in [-0.3, -0.25) is 9.48 Å². The Morgan fingerprint density at radius 2 is 1.96 bits per heavy atom. The van der Waals surface area contributed by atoms with Gasteiger partial charge in [0.05, 0.1) is 24.7 Å². The Morgan fingerprint density at radius 1 is 1.18 bits per heavy atom. The first-order valence-corrected chi connectivity index (χ1v) is 9.74. The topological polar surface area (TPSA) is 68.8 Å². The molecule has 0 saturated heterocycles. The molecule has 0 N–H and O–H groups in total. The van der Waals surface area contributed by atoms with Crippen molar-refractivity contribution in [1.29, 1.82) is 0 Å². The van der Waals surface area contributed by atoms with Crippen LogP contribution in [0.1, 0.15) is 41.4 Å². The molecule has 0 bridgehead atoms. The lowest BCUT2D eigenvalue weighted by Gasteiger charge is -2.32. The summed E-state index contributed by atoms with van der Waals surface area (Å²) in [5.41, 5.74) is 3.19. The molecule has 0 radical (unpaired) electrons. The number of hydrogen-bond donors (Lipinski definition) is 0. The van der Waals surface area contributed by atoms with Crippen molar-refractivity contribution in [1.82, 2.24) is 29.4 Å². The Labute approximate surface area is 165 Å². The zero-order valence-corrected chi connectivity index (χ0v) is 16.7. The molecule has 4 rings (SSSR count). The van der Waals surface area contributed by atoms with Crippen molar-refractivity contribution in [3.05, 3.63) is 65.0 Å². The zero-order valence-electron chi connectivity index (χ0n) is 16.7. The third kappa shape index (κ3) is 3.69. The number of nitrogens with zero attached hydrogens (tertiary/aromatic N) is 6. The van der Waals surface area contributed by atoms with Gasteiger partial charge in [0.2, 0.25) is 5.91 Å². The van der Waals surface area contributed by atoms with E-state index in [4.69, 9.17) is 0 Å². The second-order valence-corrected chi connectivity index (χ2v) is 7.60. The van der Waals surface area contributed by atoms with Crippen molar-refractivity contribution in [2.75, 3.05) is 6.54 Å². The van der Waals surface area contributed by atoms with Gasteiger partial charge in [0.1, 0.15) is 5.82 Å². The lowest BCUT2D eigenvalue weighted by molar-refractivity contribution is -0.132. The van der Waals surface area contributed by atoms with Crippen LogP contribution in [0.3, 0.4) is 0 Å². The highest BCUT2D eigenvalue weighted by Gasteiger charge is 2.29. The molecule has 0 aliphatic carbocycles. The molecule has 0 unspecified atom stereocenters. The number of fused-ring (bicyclic) bond motifs is 1. The summed E-state index contributed by atoms with van der Waals surface area (Å²) in [4.78, 5) is 14.7. The number of carbonyl (C=O) groups excluding carboxylic acids is 1. The summed E-state index contributed by atoms with van der Waals surface area (Å²) in [7, 11) is 1.88. The zero-order chi connectivity index (χ0) is 19.7. The molecule has 1 aromatic carbocycles. The van der Waals surface area contributed by atoms with Gasteiger partial charge >= 0.3 is 0 Å². The fourth-order valence-electron chi connectivity index (χ4n) is 3.97. The Hall–Kier alpha value is -2.96. The van der Waals surface area contributed by atoms with E-state index in [1.165, 1.54) is 5.56 Å². The van der Waals surface area contributed by atoms with Crippen molar-refractivity contribution >= 4 is 5.91 Å². The smallest absolute Gasteiger partial charge is 0.227 e. The van der Waals surface area contributed by atoms with Crippen LogP contribution in [0.5, 0.6) is 0 Å². The Balaban J connectivity index is 1.45. The second-order valence-electron chi connectivity index (χ2n) is 7.60. The minimum absolute atomic E-state index is 0.114. The summed E-state index contributed by atoms with van der Waals surface area (Å²) < 4.78 is 3.97. The number of aromatic nitrogens is 5. The third-order valence-electron chi connectivity index (χ3n) is 5.38. The summed E-state index contributed by atoms with van der Waals surface area (Å²) in [6.45, 7) is 5.27. The standard InChI is InChI=1S/C21H26N6O/c1-15-12-26(21(28)11-18-13-25(3)24-16(18)2)14-20-23-22-19(27(15)20)10-9-17-7-5-4-6-8-17/h4-8,13,15H,9-12,14H2,1-3H3/t15-/m0/s1. The molecular weight excluding hydrogens is 352 g/mol. The van der Waals surface area contributed by atoms with E-state index >= 15 is 0 Å². The fourth-order valence-corrected chi connectivity index (χ4v) is 3.97. The number of amides is 1. The van der Waals surface area contributed by atoms with Gasteiger partial charge in [-0.05, 0) is 25.8 Å². The van der Waals surface area contributed by atoms with E-state index in [1.54, 1.807) is 4.68 Å². The van der Waals surface area contributed by atoms with Crippen LogP contribution in [0.4, 0.5) is 0 Å². The molecule has 0 saturated carbocycles. The Kier molecular flexibility index (Phi) is 4.98. The molecule has 1 aliphatic heterocycles. The van der Waals surface area contributed by atoms with Gasteiger partial charge in [-0.25, -0.2) is 0 Å². The molecule has 0 spiro atoms. The number of aryl methyl sites for hydroxylation is 4. The average Bonchev–Trinajstić information content (AvgIpc) is 3.23. The lowest BCUT2D eigenvalue weighted by Crippen LogP contribution is -2.41. The second kappa shape index (κ2) is 7.58. The minimum Gasteiger partial charge on any atom is -0.333 e. The molecule has 3 heterocycles. The van der Waals surface area contributed by atoms with Crippen molar-refractivity contribution < 1.29 is 4.79 Å². The summed E-state index contributed by atoms with van der Waals surface area (Å²) >= 11 is 0. The van der Waals surface area contributed by atoms with Crippen LogP contribution in [0.2, 0.25) is 0 Å². The van der Waals surface area contributed by atoms with Crippen LogP contribution in [-0.4, -0.2) is 41.9 Å². The monoisotopic (exact) mass is 378 g/mol. The highest BCUT2D eigenvalue weighted by molar-refractivity contribution is 5.79. The number of rotatable bonds is 5. The van der Waals surface area contributed by atoms with Gasteiger partial charge in [0.25, 0.3) is 0 Å². The van der Waals surface area contributed by atoms with Crippen LogP contribution in [-0.2, 0) is 37.6 Å². The van der Waals surface area contributed by atoms with Crippen molar-refractivity contribution in [2.24, 2.45) is 7.05 Å². The number of benzene rings is 1. The largest absolute Gasteiger partial charge is 0.333 e. The minimum atomic E-state index is 0.114. The predicted molar refractivity (Wildman–Crippen MR) is 106 cm³/mol. The highest BCUT2D eigenvalue weighted by atomic mass is 16.2. The van der Waals surface area contributed by atoms with Gasteiger partial charge in [0.15, 0.2) is 5.82 Å². The first kappa shape index (κ1) is 18.4. The maximum absolute atomic E-state index is 12.8. The molecule has 1 atom stereocenters. The van der Waals surface area contributed by atoms with E-state index < -0.39 is 0 Å². The molecule has 146 valence electrons. The highest BCUT2D eigenvalue weighted by Crippen LogP contribution is 2.23. The van der Waals surface area contributed by atoms with Crippen molar-refractivity contribution in [2.45, 2.75) is 45.7 Å². The first-order chi connectivity index (χ1) is 13.5. The van der Waals surface area contributed by atoms with E-state index in [0.717, 1.165) is 35.7 Å². The van der Waals surface area contributed by atoms with Gasteiger partial charge in [0, 0.05) is 31.8 Å². The van der Waals surface area contributed by atoms with E-state index in [-0.39, 0.29) is 11.9 Å². The lowest BCUT2D eigenvalue weighted by atomic mass is 10.1. The van der Waals surface area contributed by atoms with E-state index in [2.05, 4.69) is 51.1 Å². The van der Waals surface area contributed by atoms with E-state index in [1.807, 2.05) is 31.1 Å². The van der Waals surface area contributed by atoms with Gasteiger partial charge < -0.3 is 9.47 Å². The molecule has 0 fully saturated rings. The number of hydrogen-bond acceptors (Lipinski definition) is 4. The van der Waals surface area contributed by atoms with Crippen molar-refractivity contribution in [3.8, 4) is 0 Å². The van der Waals surface area contributed by atoms with Crippen LogP contribution < -0.4 is 0 Å². The average molecular weight is 378 g/mol. The summed E-state index contributed by atoms with van der Waals surface area (Å²) in [5.74, 6) is 1.99. The van der Waals surface area contributed by atoms with Gasteiger partial charge in [-0.1, -0.05) is 30.3 Å². The molecule has 7 heteroatoms. The SMILES string of the molecule is Cc1nn(C)cc1CC(=O)N1Cc2nnc(CCc3ccccc3)n2[C@@H](C)C1. The maximum Gasteiger partial charge on any atom is 0.227 e. The fraction of sp³-hybridized carbons (Fsp3) is 0.429. The predicted octanol–water partition coefficient (Wildman–Crippen LogP) is 2.25. The van der Waals surface area contributed by atoms with Crippen LogP contribution in [0, 0.1) is 6.92 Å². The maximum atomic E-state index is 12.8. The third-order valence-corrected chi connectivity index (χ3v) is 5.38. The molecular formula is C21H26N6O. The van der Waals surface area contributed by atoms with Crippen molar-refractivity contribution in [3.63, 3.8) is 0 Å². The van der Waals surface area contributed by atoms with Crippen LogP contribution in [0.25, 0.3) is 0 Å². The quantitative estimate of drug-likeness (QED) is 0.683. The van der Waals surface area contributed by atoms with Crippen LogP contribution in [0.15, 0.2) is 36.5 Å². The normalized spacial score (nSPS) is 16.2. The van der Waals surface area contributed by atoms with Gasteiger partial charge in [-0.15, -0.1) is 10.2 Å². The van der Waals surface area contributed by atoms with Gasteiger partial charge in [-0.2, -0.15) is 5.10 Å². The first-order valence-electron chi connectivity index (χ1n) is 9.74. The molecule has 2 aromatic heterocycles. The Morgan fingerprint density at radius 3 is 2.68 bits per heavy atom. The van der Waals surface area contributed by atoms with E-state index in [0.29, 0.717) is 19.5 Å². The molecule has 3 aromatic rings. The summed E-state index contributed by atoms with van der Waals surface area (Å²) in [5, 5.41) is 13.1. The Bertz CT molecular complexity index is 974. The summed E-state index contributed by atoms with van der Waals surface area (Å²) in [6.07, 6.45) is 4.09. The number of carbonyl (C=O) groups is 1. The summed E-state index contributed by atoms with van der Waals surface area (Å²) in [6, 6.07) is 10.6. The molecule has 7 nitrogen and oxygen atoms in total. The van der Waals surface area contributed by atoms with Crippen LogP contribution >= 0.6 is 0 Å².